The number of aryl methyl sites for hydroxylation is 1. The first-order valence-corrected chi connectivity index (χ1v) is 10.4. The summed E-state index contributed by atoms with van der Waals surface area (Å²) in [4.78, 5) is 22.6. The number of thiophene rings is 1. The van der Waals surface area contributed by atoms with Gasteiger partial charge in [0.1, 0.15) is 16.5 Å². The lowest BCUT2D eigenvalue weighted by Crippen LogP contribution is -2.25. The van der Waals surface area contributed by atoms with E-state index in [0.29, 0.717) is 30.3 Å². The fourth-order valence-corrected chi connectivity index (χ4v) is 5.18. The van der Waals surface area contributed by atoms with Gasteiger partial charge in [-0.25, -0.2) is 9.37 Å². The maximum Gasteiger partial charge on any atom is 0.259 e. The Bertz CT molecular complexity index is 1030. The molecule has 2 N–H and O–H groups in total. The molecular weight excluding hydrogens is 361 g/mol. The molecule has 0 bridgehead atoms. The van der Waals surface area contributed by atoms with Crippen LogP contribution < -0.4 is 10.9 Å². The average Bonchev–Trinajstić information content (AvgIpc) is 3.01. The predicted octanol–water partition coefficient (Wildman–Crippen LogP) is 4.14. The van der Waals surface area contributed by atoms with Gasteiger partial charge in [0.05, 0.1) is 11.4 Å². The van der Waals surface area contributed by atoms with Crippen molar-refractivity contribution in [3.63, 3.8) is 0 Å². The number of halogens is 1. The minimum Gasteiger partial charge on any atom is -0.309 e. The van der Waals surface area contributed by atoms with Gasteiger partial charge in [0.15, 0.2) is 0 Å². The van der Waals surface area contributed by atoms with Crippen molar-refractivity contribution in [2.75, 3.05) is 6.54 Å². The van der Waals surface area contributed by atoms with Gasteiger partial charge in [-0.15, -0.1) is 11.3 Å². The SMILES string of the molecule is C[C@H]1CCc2c(sc3nc([C@@H](C)NCCc4ccccc4F)[nH]c(=O)c23)C1. The van der Waals surface area contributed by atoms with Crippen molar-refractivity contribution in [2.45, 2.75) is 45.6 Å². The van der Waals surface area contributed by atoms with Crippen LogP contribution in [0.4, 0.5) is 4.39 Å². The van der Waals surface area contributed by atoms with Crippen molar-refractivity contribution in [1.82, 2.24) is 15.3 Å². The summed E-state index contributed by atoms with van der Waals surface area (Å²) in [5, 5.41) is 4.12. The number of nitrogens with one attached hydrogen (secondary N) is 2. The highest BCUT2D eigenvalue weighted by atomic mass is 32.1. The zero-order valence-electron chi connectivity index (χ0n) is 15.6. The fraction of sp³-hybridized carbons (Fsp3) is 0.429. The summed E-state index contributed by atoms with van der Waals surface area (Å²) in [7, 11) is 0. The van der Waals surface area contributed by atoms with E-state index >= 15 is 0 Å². The molecule has 0 unspecified atom stereocenters. The predicted molar refractivity (Wildman–Crippen MR) is 108 cm³/mol. The number of hydrogen-bond acceptors (Lipinski definition) is 4. The summed E-state index contributed by atoms with van der Waals surface area (Å²) in [5.74, 6) is 1.13. The van der Waals surface area contributed by atoms with Gasteiger partial charge in [-0.2, -0.15) is 0 Å². The Labute approximate surface area is 161 Å². The maximum atomic E-state index is 13.7. The molecule has 2 aromatic heterocycles. The van der Waals surface area contributed by atoms with Gasteiger partial charge in [-0.05, 0) is 62.3 Å². The number of fused-ring (bicyclic) bond motifs is 3. The van der Waals surface area contributed by atoms with E-state index in [0.717, 1.165) is 29.5 Å². The first-order chi connectivity index (χ1) is 13.0. The normalized spacial score (nSPS) is 17.8. The van der Waals surface area contributed by atoms with Gasteiger partial charge in [0, 0.05) is 4.88 Å². The maximum absolute atomic E-state index is 13.7. The molecular formula is C21H24FN3OS. The zero-order valence-corrected chi connectivity index (χ0v) is 16.5. The van der Waals surface area contributed by atoms with E-state index in [4.69, 9.17) is 4.98 Å². The number of nitrogens with zero attached hydrogens (tertiary/aromatic N) is 1. The van der Waals surface area contributed by atoms with Crippen LogP contribution in [0.2, 0.25) is 0 Å². The van der Waals surface area contributed by atoms with E-state index in [1.54, 1.807) is 23.5 Å². The van der Waals surface area contributed by atoms with Crippen molar-refractivity contribution in [3.05, 3.63) is 62.3 Å². The third kappa shape index (κ3) is 3.69. The van der Waals surface area contributed by atoms with Gasteiger partial charge in [0.25, 0.3) is 5.56 Å². The Morgan fingerprint density at radius 2 is 2.22 bits per heavy atom. The first-order valence-electron chi connectivity index (χ1n) is 9.54. The van der Waals surface area contributed by atoms with Crippen LogP contribution in [0.1, 0.15) is 48.1 Å². The molecule has 0 spiro atoms. The van der Waals surface area contributed by atoms with Gasteiger partial charge in [-0.1, -0.05) is 25.1 Å². The molecule has 2 atom stereocenters. The smallest absolute Gasteiger partial charge is 0.259 e. The van der Waals surface area contributed by atoms with E-state index in [9.17, 15) is 9.18 Å². The number of aromatic amines is 1. The molecule has 27 heavy (non-hydrogen) atoms. The molecule has 6 heteroatoms. The van der Waals surface area contributed by atoms with Crippen LogP contribution >= 0.6 is 11.3 Å². The fourth-order valence-electron chi connectivity index (χ4n) is 3.79. The van der Waals surface area contributed by atoms with Crippen molar-refractivity contribution in [1.29, 1.82) is 0 Å². The highest BCUT2D eigenvalue weighted by Crippen LogP contribution is 2.35. The Hall–Kier alpha value is -2.05. The Morgan fingerprint density at radius 3 is 3.04 bits per heavy atom. The van der Waals surface area contributed by atoms with Crippen molar-refractivity contribution >= 4 is 21.6 Å². The second kappa shape index (κ2) is 7.52. The molecule has 4 rings (SSSR count). The van der Waals surface area contributed by atoms with Crippen LogP contribution in [0.25, 0.3) is 10.2 Å². The number of benzene rings is 1. The first kappa shape index (κ1) is 18.3. The van der Waals surface area contributed by atoms with Gasteiger partial charge < -0.3 is 10.3 Å². The quantitative estimate of drug-likeness (QED) is 0.694. The molecule has 3 aromatic rings. The monoisotopic (exact) mass is 385 g/mol. The van der Waals surface area contributed by atoms with E-state index in [1.165, 1.54) is 16.5 Å². The minimum atomic E-state index is -0.182. The summed E-state index contributed by atoms with van der Waals surface area (Å²) in [5.41, 5.74) is 1.85. The highest BCUT2D eigenvalue weighted by molar-refractivity contribution is 7.18. The second-order valence-corrected chi connectivity index (χ2v) is 8.58. The third-order valence-corrected chi connectivity index (χ3v) is 6.54. The van der Waals surface area contributed by atoms with Crippen LogP contribution in [0.3, 0.4) is 0 Å². The molecule has 1 aliphatic carbocycles. The van der Waals surface area contributed by atoms with Gasteiger partial charge in [-0.3, -0.25) is 4.79 Å². The number of aromatic nitrogens is 2. The topological polar surface area (TPSA) is 57.8 Å². The lowest BCUT2D eigenvalue weighted by Gasteiger charge is -2.17. The molecule has 1 aromatic carbocycles. The Kier molecular flexibility index (Phi) is 5.10. The molecule has 0 saturated heterocycles. The van der Waals surface area contributed by atoms with Crippen LogP contribution in [-0.2, 0) is 19.3 Å². The van der Waals surface area contributed by atoms with Crippen LogP contribution in [0.5, 0.6) is 0 Å². The second-order valence-electron chi connectivity index (χ2n) is 7.50. The number of rotatable bonds is 5. The minimum absolute atomic E-state index is 0.0372. The molecule has 2 heterocycles. The summed E-state index contributed by atoms with van der Waals surface area (Å²) in [6, 6.07) is 6.71. The third-order valence-electron chi connectivity index (χ3n) is 5.40. The van der Waals surface area contributed by atoms with Crippen LogP contribution in [0, 0.1) is 11.7 Å². The zero-order chi connectivity index (χ0) is 19.0. The molecule has 0 fully saturated rings. The summed E-state index contributed by atoms with van der Waals surface area (Å²) >= 11 is 1.66. The molecule has 142 valence electrons. The largest absolute Gasteiger partial charge is 0.309 e. The lowest BCUT2D eigenvalue weighted by atomic mass is 9.89. The summed E-state index contributed by atoms with van der Waals surface area (Å²) in [6.07, 6.45) is 3.74. The molecule has 0 amide bonds. The lowest BCUT2D eigenvalue weighted by molar-refractivity contribution is 0.509. The molecule has 4 nitrogen and oxygen atoms in total. The number of H-pyrrole nitrogens is 1. The summed E-state index contributed by atoms with van der Waals surface area (Å²) in [6.45, 7) is 4.85. The Balaban J connectivity index is 1.51. The standard InChI is InChI=1S/C21H24FN3OS/c1-12-7-8-15-17(11-12)27-21-18(15)20(26)24-19(25-21)13(2)23-10-9-14-5-3-4-6-16(14)22/h3-6,12-13,23H,7-11H2,1-2H3,(H,24,25,26)/t12-,13+/m0/s1. The van der Waals surface area contributed by atoms with Crippen LogP contribution in [-0.4, -0.2) is 16.5 Å². The molecule has 0 saturated carbocycles. The van der Waals surface area contributed by atoms with E-state index in [-0.39, 0.29) is 17.4 Å². The molecule has 1 aliphatic rings. The van der Waals surface area contributed by atoms with Gasteiger partial charge >= 0.3 is 0 Å². The van der Waals surface area contributed by atoms with E-state index < -0.39 is 0 Å². The molecule has 0 aliphatic heterocycles. The molecule has 0 radical (unpaired) electrons. The highest BCUT2D eigenvalue weighted by Gasteiger charge is 2.23. The average molecular weight is 386 g/mol. The van der Waals surface area contributed by atoms with Crippen molar-refractivity contribution in [2.24, 2.45) is 5.92 Å². The van der Waals surface area contributed by atoms with Crippen LogP contribution in [0.15, 0.2) is 29.1 Å². The van der Waals surface area contributed by atoms with E-state index in [1.807, 2.05) is 13.0 Å². The summed E-state index contributed by atoms with van der Waals surface area (Å²) < 4.78 is 13.7. The van der Waals surface area contributed by atoms with Crippen molar-refractivity contribution < 1.29 is 4.39 Å². The van der Waals surface area contributed by atoms with E-state index in [2.05, 4.69) is 17.2 Å². The Morgan fingerprint density at radius 1 is 1.41 bits per heavy atom. The van der Waals surface area contributed by atoms with Gasteiger partial charge in [0.2, 0.25) is 0 Å². The number of hydrogen-bond donors (Lipinski definition) is 2. The van der Waals surface area contributed by atoms with Crippen molar-refractivity contribution in [3.8, 4) is 0 Å².